The Morgan fingerprint density at radius 2 is 1.71 bits per heavy atom. The largest absolute Gasteiger partial charge is 0.514 e. The molecule has 4 heterocycles. The summed E-state index contributed by atoms with van der Waals surface area (Å²) in [5, 5.41) is -0.134. The molecule has 0 aliphatic carbocycles. The van der Waals surface area contributed by atoms with Crippen LogP contribution in [0.2, 0.25) is 5.02 Å². The number of carbonyl (C=O) groups excluding carboxylic acids is 3. The lowest BCUT2D eigenvalue weighted by Crippen LogP contribution is -2.58. The van der Waals surface area contributed by atoms with Crippen LogP contribution in [0.4, 0.5) is 19.8 Å². The Labute approximate surface area is 285 Å². The smallest absolute Gasteiger partial charge is 0.489 e. The van der Waals surface area contributed by atoms with E-state index in [1.807, 2.05) is 25.7 Å². The first-order valence-corrected chi connectivity index (χ1v) is 16.4. The van der Waals surface area contributed by atoms with Crippen LogP contribution in [-0.4, -0.2) is 101 Å². The van der Waals surface area contributed by atoms with Crippen LogP contribution >= 0.6 is 11.6 Å². The predicted octanol–water partition coefficient (Wildman–Crippen LogP) is 6.31. The summed E-state index contributed by atoms with van der Waals surface area (Å²) in [5.41, 5.74) is -2.33. The van der Waals surface area contributed by atoms with Crippen molar-refractivity contribution >= 4 is 35.6 Å². The highest BCUT2D eigenvalue weighted by Crippen LogP contribution is 2.47. The number of aromatic nitrogens is 1. The van der Waals surface area contributed by atoms with E-state index in [1.165, 1.54) is 18.2 Å². The maximum absolute atomic E-state index is 15.8. The number of nitrogens with zero attached hydrogens (tertiary/aromatic N) is 4. The first kappa shape index (κ1) is 35.5. The topological polar surface area (TPSA) is 120 Å². The van der Waals surface area contributed by atoms with Crippen LogP contribution < -0.4 is 14.4 Å². The summed E-state index contributed by atoms with van der Waals surface area (Å²) >= 11 is 7.01. The van der Waals surface area contributed by atoms with Crippen LogP contribution in [0.25, 0.3) is 11.3 Å². The van der Waals surface area contributed by atoms with Crippen molar-refractivity contribution in [2.45, 2.75) is 91.2 Å². The molecule has 12 nitrogen and oxygen atoms in total. The van der Waals surface area contributed by atoms with Crippen LogP contribution in [0.1, 0.15) is 72.7 Å². The molecule has 1 aromatic heterocycles. The molecule has 1 aromatic carbocycles. The number of halogens is 2. The molecule has 2 saturated heterocycles. The highest BCUT2D eigenvalue weighted by Gasteiger charge is 2.44. The molecule has 2 amide bonds. The number of pyridine rings is 1. The molecule has 2 fully saturated rings. The molecule has 5 rings (SSSR count). The minimum absolute atomic E-state index is 0.0106. The van der Waals surface area contributed by atoms with Crippen molar-refractivity contribution in [1.82, 2.24) is 14.8 Å². The van der Waals surface area contributed by atoms with Crippen LogP contribution in [-0.2, 0) is 14.2 Å². The third kappa shape index (κ3) is 7.57. The summed E-state index contributed by atoms with van der Waals surface area (Å²) in [5.74, 6) is -1.09. The summed E-state index contributed by atoms with van der Waals surface area (Å²) in [6.07, 6.45) is -1.53. The van der Waals surface area contributed by atoms with Gasteiger partial charge in [0.05, 0.1) is 29.9 Å². The van der Waals surface area contributed by atoms with E-state index in [0.717, 1.165) is 0 Å². The molecular formula is C34H44ClFN4O8. The summed E-state index contributed by atoms with van der Waals surface area (Å²) in [7, 11) is 0. The molecule has 0 saturated carbocycles. The second-order valence-electron chi connectivity index (χ2n) is 14.9. The van der Waals surface area contributed by atoms with Gasteiger partial charge < -0.3 is 38.4 Å². The van der Waals surface area contributed by atoms with E-state index in [1.54, 1.807) is 51.3 Å². The van der Waals surface area contributed by atoms with Crippen molar-refractivity contribution in [2.24, 2.45) is 0 Å². The van der Waals surface area contributed by atoms with E-state index in [0.29, 0.717) is 13.2 Å². The van der Waals surface area contributed by atoms with Gasteiger partial charge in [0.2, 0.25) is 0 Å². The monoisotopic (exact) mass is 690 g/mol. The second kappa shape index (κ2) is 12.9. The quantitative estimate of drug-likeness (QED) is 0.268. The molecular weight excluding hydrogens is 647 g/mol. The Hall–Kier alpha value is -3.84. The molecule has 262 valence electrons. The molecule has 48 heavy (non-hydrogen) atoms. The number of benzene rings is 1. The molecule has 0 spiro atoms. The summed E-state index contributed by atoms with van der Waals surface area (Å²) in [6, 6.07) is 3.22. The van der Waals surface area contributed by atoms with Crippen molar-refractivity contribution < 1.29 is 42.5 Å². The summed E-state index contributed by atoms with van der Waals surface area (Å²) < 4.78 is 44.6. The van der Waals surface area contributed by atoms with Crippen molar-refractivity contribution in [1.29, 1.82) is 0 Å². The van der Waals surface area contributed by atoms with Crippen molar-refractivity contribution in [3.8, 4) is 22.8 Å². The summed E-state index contributed by atoms with van der Waals surface area (Å²) in [6.45, 7) is 17.5. The van der Waals surface area contributed by atoms with Crippen LogP contribution in [0, 0.1) is 5.82 Å². The van der Waals surface area contributed by atoms with Gasteiger partial charge >= 0.3 is 12.2 Å². The fourth-order valence-electron chi connectivity index (χ4n) is 5.82. The lowest BCUT2D eigenvalue weighted by atomic mass is 10.0. The highest BCUT2D eigenvalue weighted by molar-refractivity contribution is 6.35. The predicted molar refractivity (Wildman–Crippen MR) is 176 cm³/mol. The number of fused-ring (bicyclic) bond motifs is 2. The minimum Gasteiger partial charge on any atom is -0.489 e. The fraction of sp³-hybridized carbons (Fsp3) is 0.588. The number of ether oxygens (including phenoxy) is 5. The number of carbonyl (C=O) groups is 3. The van der Waals surface area contributed by atoms with E-state index < -0.39 is 40.9 Å². The zero-order valence-electron chi connectivity index (χ0n) is 28.9. The molecule has 2 aromatic rings. The third-order valence-electron chi connectivity index (χ3n) is 7.97. The van der Waals surface area contributed by atoms with Crippen molar-refractivity contribution in [3.63, 3.8) is 0 Å². The normalized spacial score (nSPS) is 21.1. The van der Waals surface area contributed by atoms with Gasteiger partial charge in [-0.2, -0.15) is 0 Å². The van der Waals surface area contributed by atoms with Gasteiger partial charge in [-0.1, -0.05) is 17.7 Å². The average Bonchev–Trinajstić information content (AvgIpc) is 3.10. The van der Waals surface area contributed by atoms with Gasteiger partial charge in [-0.3, -0.25) is 4.79 Å². The van der Waals surface area contributed by atoms with E-state index in [2.05, 4.69) is 0 Å². The molecule has 2 atom stereocenters. The Bertz CT molecular complexity index is 1600. The highest BCUT2D eigenvalue weighted by atomic mass is 35.5. The zero-order chi connectivity index (χ0) is 35.3. The standard InChI is InChI=1S/C34H44ClFN4O8/c1-19-16-45-34(8,9)18-40(19)28-24-27(44-17-20-15-38(13-14-39(20)29(24)41)30(42)47-32(2,3)4)25(35)26(37-28)23-21(36)11-10-12-22(23)46-31(43)48-33(5,6)7/h10-12,19-20H,13-18H2,1-9H3/t19-,20+/m0/s1. The zero-order valence-corrected chi connectivity index (χ0v) is 29.7. The fourth-order valence-corrected chi connectivity index (χ4v) is 6.11. The average molecular weight is 691 g/mol. The van der Waals surface area contributed by atoms with Gasteiger partial charge in [0.1, 0.15) is 51.5 Å². The first-order chi connectivity index (χ1) is 22.2. The van der Waals surface area contributed by atoms with E-state index in [4.69, 9.17) is 40.3 Å². The molecule has 0 N–H and O–H groups in total. The Kier molecular flexibility index (Phi) is 9.52. The van der Waals surface area contributed by atoms with Crippen LogP contribution in [0.3, 0.4) is 0 Å². The third-order valence-corrected chi connectivity index (χ3v) is 8.32. The second-order valence-corrected chi connectivity index (χ2v) is 15.3. The van der Waals surface area contributed by atoms with Gasteiger partial charge in [-0.15, -0.1) is 0 Å². The lowest BCUT2D eigenvalue weighted by Gasteiger charge is -2.44. The number of rotatable bonds is 3. The minimum atomic E-state index is -1.04. The molecule has 0 radical (unpaired) electrons. The van der Waals surface area contributed by atoms with Crippen LogP contribution in [0.5, 0.6) is 11.5 Å². The number of hydrogen-bond donors (Lipinski definition) is 0. The van der Waals surface area contributed by atoms with Gasteiger partial charge in [0.15, 0.2) is 5.75 Å². The number of morpholine rings is 1. The maximum atomic E-state index is 15.8. The molecule has 3 aliphatic heterocycles. The van der Waals surface area contributed by atoms with Crippen molar-refractivity contribution in [2.75, 3.05) is 44.3 Å². The number of piperazine rings is 1. The van der Waals surface area contributed by atoms with E-state index >= 15 is 4.39 Å². The number of hydrogen-bond acceptors (Lipinski definition) is 10. The van der Waals surface area contributed by atoms with E-state index in [9.17, 15) is 14.4 Å². The Balaban J connectivity index is 1.63. The SMILES string of the molecule is C[C@H]1COC(C)(C)CN1c1nc(-c2c(F)cccc2OC(=O)OC(C)(C)C)c(Cl)c2c1C(=O)N1CCN(C(=O)OC(C)(C)C)C[C@@H]1CO2. The lowest BCUT2D eigenvalue weighted by molar-refractivity contribution is -0.0424. The summed E-state index contributed by atoms with van der Waals surface area (Å²) in [4.78, 5) is 50.2. The van der Waals surface area contributed by atoms with Gasteiger partial charge in [0.25, 0.3) is 5.91 Å². The van der Waals surface area contributed by atoms with E-state index in [-0.39, 0.29) is 77.4 Å². The Morgan fingerprint density at radius 1 is 1.02 bits per heavy atom. The van der Waals surface area contributed by atoms with Gasteiger partial charge in [-0.25, -0.2) is 19.0 Å². The molecule has 0 bridgehead atoms. The number of anilines is 1. The number of amides is 2. The van der Waals surface area contributed by atoms with Crippen molar-refractivity contribution in [3.05, 3.63) is 34.6 Å². The van der Waals surface area contributed by atoms with Crippen LogP contribution in [0.15, 0.2) is 18.2 Å². The Morgan fingerprint density at radius 3 is 2.38 bits per heavy atom. The van der Waals surface area contributed by atoms with Gasteiger partial charge in [-0.05, 0) is 74.4 Å². The first-order valence-electron chi connectivity index (χ1n) is 16.0. The maximum Gasteiger partial charge on any atom is 0.514 e. The molecule has 3 aliphatic rings. The molecule has 0 unspecified atom stereocenters. The molecule has 14 heteroatoms. The van der Waals surface area contributed by atoms with Gasteiger partial charge in [0, 0.05) is 26.2 Å².